The minimum absolute atomic E-state index is 0.0909. The molecule has 2 aliphatic rings. The molecule has 0 aromatic heterocycles. The van der Waals surface area contributed by atoms with Gasteiger partial charge in [-0.3, -0.25) is 4.57 Å². The fourth-order valence-corrected chi connectivity index (χ4v) is 4.63. The molecular weight excluding hydrogens is 184 g/mol. The molecule has 2 N–H and O–H groups in total. The molecule has 4 nitrogen and oxygen atoms in total. The fourth-order valence-electron chi connectivity index (χ4n) is 1.97. The summed E-state index contributed by atoms with van der Waals surface area (Å²) in [6, 6.07) is 1.28. The SMILES string of the molecule is NC1CN([SiH]2CCCCO2)CCO1. The highest BCUT2D eigenvalue weighted by atomic mass is 28.3. The van der Waals surface area contributed by atoms with Gasteiger partial charge < -0.3 is 14.9 Å². The number of morpholine rings is 1. The van der Waals surface area contributed by atoms with Crippen LogP contribution in [0.3, 0.4) is 0 Å². The fraction of sp³-hybridized carbons (Fsp3) is 1.00. The van der Waals surface area contributed by atoms with Gasteiger partial charge in [-0.05, 0) is 12.5 Å². The average molecular weight is 202 g/mol. The molecule has 0 amide bonds. The third-order valence-electron chi connectivity index (χ3n) is 2.69. The Hall–Kier alpha value is 0.0569. The van der Waals surface area contributed by atoms with Crippen molar-refractivity contribution in [1.82, 2.24) is 4.57 Å². The van der Waals surface area contributed by atoms with Crippen LogP contribution in [0.15, 0.2) is 0 Å². The van der Waals surface area contributed by atoms with Crippen molar-refractivity contribution in [2.45, 2.75) is 25.1 Å². The van der Waals surface area contributed by atoms with E-state index in [1.54, 1.807) is 0 Å². The molecule has 2 fully saturated rings. The van der Waals surface area contributed by atoms with E-state index in [1.807, 2.05) is 0 Å². The molecule has 2 saturated heterocycles. The zero-order valence-electron chi connectivity index (χ0n) is 7.95. The van der Waals surface area contributed by atoms with Gasteiger partial charge in [-0.25, -0.2) is 0 Å². The lowest BCUT2D eigenvalue weighted by Crippen LogP contribution is -2.54. The highest BCUT2D eigenvalue weighted by molar-refractivity contribution is 6.48. The van der Waals surface area contributed by atoms with Crippen molar-refractivity contribution in [1.29, 1.82) is 0 Å². The zero-order chi connectivity index (χ0) is 9.10. The van der Waals surface area contributed by atoms with Gasteiger partial charge in [-0.1, -0.05) is 6.42 Å². The first-order chi connectivity index (χ1) is 6.36. The molecular formula is C8H18N2O2Si. The summed E-state index contributed by atoms with van der Waals surface area (Å²) in [4.78, 5) is 0. The molecule has 0 aromatic rings. The molecule has 76 valence electrons. The maximum atomic E-state index is 5.82. The molecule has 2 aliphatic heterocycles. The second-order valence-corrected chi connectivity index (χ2v) is 6.28. The number of hydrogen-bond acceptors (Lipinski definition) is 4. The molecule has 2 unspecified atom stereocenters. The van der Waals surface area contributed by atoms with Gasteiger partial charge in [0, 0.05) is 19.7 Å². The summed E-state index contributed by atoms with van der Waals surface area (Å²) in [5.41, 5.74) is 5.73. The van der Waals surface area contributed by atoms with E-state index in [0.717, 1.165) is 26.3 Å². The van der Waals surface area contributed by atoms with E-state index in [4.69, 9.17) is 14.9 Å². The Balaban J connectivity index is 1.83. The molecule has 0 spiro atoms. The Morgan fingerprint density at radius 2 is 2.23 bits per heavy atom. The van der Waals surface area contributed by atoms with Crippen LogP contribution >= 0.6 is 0 Å². The van der Waals surface area contributed by atoms with Crippen molar-refractivity contribution in [3.8, 4) is 0 Å². The van der Waals surface area contributed by atoms with Crippen LogP contribution in [-0.4, -0.2) is 46.3 Å². The number of ether oxygens (including phenoxy) is 1. The van der Waals surface area contributed by atoms with Crippen LogP contribution in [0.5, 0.6) is 0 Å². The van der Waals surface area contributed by atoms with Crippen molar-refractivity contribution in [2.24, 2.45) is 5.73 Å². The smallest absolute Gasteiger partial charge is 0.255 e. The lowest BCUT2D eigenvalue weighted by Gasteiger charge is -2.37. The van der Waals surface area contributed by atoms with Gasteiger partial charge in [0.05, 0.1) is 6.61 Å². The van der Waals surface area contributed by atoms with Gasteiger partial charge in [-0.15, -0.1) is 0 Å². The molecule has 5 heteroatoms. The van der Waals surface area contributed by atoms with Crippen LogP contribution < -0.4 is 5.73 Å². The highest BCUT2D eigenvalue weighted by Gasteiger charge is 2.28. The van der Waals surface area contributed by atoms with E-state index >= 15 is 0 Å². The van der Waals surface area contributed by atoms with Crippen molar-refractivity contribution in [3.05, 3.63) is 0 Å². The third kappa shape index (κ3) is 2.51. The van der Waals surface area contributed by atoms with E-state index in [-0.39, 0.29) is 6.23 Å². The molecule has 0 radical (unpaired) electrons. The Labute approximate surface area is 80.8 Å². The molecule has 13 heavy (non-hydrogen) atoms. The van der Waals surface area contributed by atoms with Crippen LogP contribution in [0.25, 0.3) is 0 Å². The monoisotopic (exact) mass is 202 g/mol. The zero-order valence-corrected chi connectivity index (χ0v) is 9.10. The maximum Gasteiger partial charge on any atom is 0.255 e. The lowest BCUT2D eigenvalue weighted by atomic mass is 10.4. The lowest BCUT2D eigenvalue weighted by molar-refractivity contribution is -0.00591. The van der Waals surface area contributed by atoms with Crippen molar-refractivity contribution >= 4 is 9.20 Å². The van der Waals surface area contributed by atoms with Crippen molar-refractivity contribution in [2.75, 3.05) is 26.3 Å². The van der Waals surface area contributed by atoms with E-state index in [9.17, 15) is 0 Å². The molecule has 0 aromatic carbocycles. The first-order valence-electron chi connectivity index (χ1n) is 5.09. The largest absolute Gasteiger partial charge is 0.405 e. The number of rotatable bonds is 1. The third-order valence-corrected chi connectivity index (χ3v) is 5.49. The predicted octanol–water partition coefficient (Wildman–Crippen LogP) is -0.366. The van der Waals surface area contributed by atoms with Gasteiger partial charge >= 0.3 is 0 Å². The van der Waals surface area contributed by atoms with Gasteiger partial charge in [0.25, 0.3) is 9.20 Å². The van der Waals surface area contributed by atoms with Gasteiger partial charge in [0.2, 0.25) is 0 Å². The van der Waals surface area contributed by atoms with Gasteiger partial charge in [0.15, 0.2) is 0 Å². The molecule has 0 bridgehead atoms. The summed E-state index contributed by atoms with van der Waals surface area (Å²) in [5.74, 6) is 0. The highest BCUT2D eigenvalue weighted by Crippen LogP contribution is 2.15. The van der Waals surface area contributed by atoms with Crippen LogP contribution in [0.1, 0.15) is 12.8 Å². The van der Waals surface area contributed by atoms with E-state index in [2.05, 4.69) is 4.57 Å². The summed E-state index contributed by atoms with van der Waals surface area (Å²) in [7, 11) is -1.07. The normalized spacial score (nSPS) is 37.6. The second kappa shape index (κ2) is 4.52. The van der Waals surface area contributed by atoms with E-state index in [1.165, 1.54) is 18.9 Å². The second-order valence-electron chi connectivity index (χ2n) is 3.73. The Kier molecular flexibility index (Phi) is 3.34. The standard InChI is InChI=1S/C8H18N2O2Si/c9-8-7-10(3-5-11-8)13-6-2-1-4-12-13/h8,13H,1-7,9H2. The Bertz CT molecular complexity index is 164. The number of hydrogen-bond donors (Lipinski definition) is 1. The van der Waals surface area contributed by atoms with Crippen LogP contribution in [-0.2, 0) is 9.16 Å². The van der Waals surface area contributed by atoms with E-state index < -0.39 is 9.20 Å². The van der Waals surface area contributed by atoms with E-state index in [0.29, 0.717) is 0 Å². The minimum Gasteiger partial charge on any atom is -0.405 e. The summed E-state index contributed by atoms with van der Waals surface area (Å²) in [6.45, 7) is 3.62. The predicted molar refractivity (Wildman–Crippen MR) is 52.6 cm³/mol. The van der Waals surface area contributed by atoms with Crippen LogP contribution in [0.2, 0.25) is 6.04 Å². The van der Waals surface area contributed by atoms with Gasteiger partial charge in [-0.2, -0.15) is 0 Å². The van der Waals surface area contributed by atoms with Gasteiger partial charge in [0.1, 0.15) is 6.23 Å². The molecule has 0 saturated carbocycles. The summed E-state index contributed by atoms with van der Waals surface area (Å²) in [6.07, 6.45) is 2.48. The molecule has 2 rings (SSSR count). The maximum absolute atomic E-state index is 5.82. The molecule has 2 atom stereocenters. The summed E-state index contributed by atoms with van der Waals surface area (Å²) >= 11 is 0. The van der Waals surface area contributed by atoms with Crippen molar-refractivity contribution in [3.63, 3.8) is 0 Å². The number of nitrogens with zero attached hydrogens (tertiary/aromatic N) is 1. The van der Waals surface area contributed by atoms with Crippen molar-refractivity contribution < 1.29 is 9.16 Å². The summed E-state index contributed by atoms with van der Waals surface area (Å²) < 4.78 is 13.6. The Morgan fingerprint density at radius 3 is 2.92 bits per heavy atom. The minimum atomic E-state index is -1.07. The topological polar surface area (TPSA) is 47.7 Å². The average Bonchev–Trinajstić information content (AvgIpc) is 2.19. The first-order valence-corrected chi connectivity index (χ1v) is 6.89. The number of nitrogens with two attached hydrogens (primary N) is 1. The first kappa shape index (κ1) is 9.61. The summed E-state index contributed by atoms with van der Waals surface area (Å²) in [5, 5.41) is 0. The quantitative estimate of drug-likeness (QED) is 0.590. The molecule has 0 aliphatic carbocycles. The molecule has 2 heterocycles. The van der Waals surface area contributed by atoms with Crippen LogP contribution in [0.4, 0.5) is 0 Å². The van der Waals surface area contributed by atoms with Crippen LogP contribution in [0, 0.1) is 0 Å². The Morgan fingerprint density at radius 1 is 1.31 bits per heavy atom.